The minimum Gasteiger partial charge on any atom is -0.497 e. The van der Waals surface area contributed by atoms with E-state index in [-0.39, 0.29) is 53.8 Å². The third kappa shape index (κ3) is 5.95. The number of benzene rings is 2. The molecule has 11 heteroatoms. The summed E-state index contributed by atoms with van der Waals surface area (Å²) in [6, 6.07) is 10.6. The second-order valence-corrected chi connectivity index (χ2v) is 12.1. The molecule has 1 heterocycles. The zero-order chi connectivity index (χ0) is 27.6. The number of aliphatic hydroxyl groups excluding tert-OH is 1. The summed E-state index contributed by atoms with van der Waals surface area (Å²) >= 11 is 0. The summed E-state index contributed by atoms with van der Waals surface area (Å²) in [7, 11) is -0.822. The largest absolute Gasteiger partial charge is 0.497 e. The summed E-state index contributed by atoms with van der Waals surface area (Å²) in [6.07, 6.45) is 1.11. The molecule has 1 aliphatic heterocycles. The maximum Gasteiger partial charge on any atom is 0.258 e. The number of hydrogen-bond donors (Lipinski definition) is 2. The van der Waals surface area contributed by atoms with Crippen molar-refractivity contribution in [2.24, 2.45) is 11.8 Å². The molecule has 4 rings (SSSR count). The van der Waals surface area contributed by atoms with Crippen LogP contribution in [0, 0.1) is 11.8 Å². The van der Waals surface area contributed by atoms with Crippen LogP contribution in [0.3, 0.4) is 0 Å². The molecule has 0 spiro atoms. The highest BCUT2D eigenvalue weighted by atomic mass is 32.2. The molecular formula is C27H35N3O7S. The molecule has 0 unspecified atom stereocenters. The SMILES string of the molecule is COc1ccc(S(=O)(=O)N(C)C[C@@H]2Oc3ccc(NC(=O)C4CC4)cc3C(=O)N([C@@H](C)CO)C[C@H]2C)cc1. The van der Waals surface area contributed by atoms with Crippen molar-refractivity contribution in [3.8, 4) is 11.5 Å². The quantitative estimate of drug-likeness (QED) is 0.496. The van der Waals surface area contributed by atoms with E-state index >= 15 is 0 Å². The Morgan fingerprint density at radius 3 is 2.53 bits per heavy atom. The topological polar surface area (TPSA) is 125 Å². The van der Waals surface area contributed by atoms with Crippen molar-refractivity contribution in [1.82, 2.24) is 9.21 Å². The van der Waals surface area contributed by atoms with Crippen LogP contribution in [0.1, 0.15) is 37.0 Å². The number of rotatable bonds is 9. The zero-order valence-electron chi connectivity index (χ0n) is 22.1. The lowest BCUT2D eigenvalue weighted by Gasteiger charge is -2.38. The fourth-order valence-electron chi connectivity index (χ4n) is 4.39. The van der Waals surface area contributed by atoms with Gasteiger partial charge in [0, 0.05) is 31.1 Å². The Balaban J connectivity index is 1.63. The number of carbonyl (C=O) groups excluding carboxylic acids is 2. The second kappa shape index (κ2) is 11.3. The fraction of sp³-hybridized carbons (Fsp3) is 0.481. The third-order valence-corrected chi connectivity index (χ3v) is 8.92. The lowest BCUT2D eigenvalue weighted by molar-refractivity contribution is -0.117. The number of amides is 2. The van der Waals surface area contributed by atoms with Gasteiger partial charge in [0.05, 0.1) is 36.8 Å². The van der Waals surface area contributed by atoms with Gasteiger partial charge in [0.25, 0.3) is 5.91 Å². The van der Waals surface area contributed by atoms with Crippen molar-refractivity contribution in [2.75, 3.05) is 39.2 Å². The van der Waals surface area contributed by atoms with Crippen LogP contribution in [-0.4, -0.2) is 80.5 Å². The number of anilines is 1. The lowest BCUT2D eigenvalue weighted by atomic mass is 9.99. The Morgan fingerprint density at radius 2 is 1.92 bits per heavy atom. The molecule has 0 radical (unpaired) electrons. The van der Waals surface area contributed by atoms with Crippen molar-refractivity contribution < 1.29 is 32.6 Å². The molecule has 3 atom stereocenters. The first-order valence-corrected chi connectivity index (χ1v) is 14.1. The van der Waals surface area contributed by atoms with Gasteiger partial charge in [-0.3, -0.25) is 9.59 Å². The summed E-state index contributed by atoms with van der Waals surface area (Å²) < 4.78 is 39.2. The summed E-state index contributed by atoms with van der Waals surface area (Å²) in [5.41, 5.74) is 0.732. The molecule has 2 N–H and O–H groups in total. The zero-order valence-corrected chi connectivity index (χ0v) is 22.9. The maximum absolute atomic E-state index is 13.6. The summed E-state index contributed by atoms with van der Waals surface area (Å²) in [5, 5.41) is 12.7. The molecule has 2 amide bonds. The molecule has 206 valence electrons. The molecule has 10 nitrogen and oxygen atoms in total. The van der Waals surface area contributed by atoms with Crippen LogP contribution in [0.4, 0.5) is 5.69 Å². The molecule has 1 saturated carbocycles. The lowest BCUT2D eigenvalue weighted by Crippen LogP contribution is -2.50. The Hall–Kier alpha value is -3.15. The summed E-state index contributed by atoms with van der Waals surface area (Å²) in [6.45, 7) is 3.69. The molecule has 0 bridgehead atoms. The van der Waals surface area contributed by atoms with Crippen molar-refractivity contribution in [3.63, 3.8) is 0 Å². The van der Waals surface area contributed by atoms with E-state index in [0.717, 1.165) is 12.8 Å². The number of sulfonamides is 1. The van der Waals surface area contributed by atoms with Crippen LogP contribution in [-0.2, 0) is 14.8 Å². The molecule has 2 aromatic carbocycles. The van der Waals surface area contributed by atoms with Gasteiger partial charge in [0.15, 0.2) is 0 Å². The van der Waals surface area contributed by atoms with Crippen LogP contribution >= 0.6 is 0 Å². The Morgan fingerprint density at radius 1 is 1.24 bits per heavy atom. The number of aliphatic hydroxyl groups is 1. The molecule has 38 heavy (non-hydrogen) atoms. The highest BCUT2D eigenvalue weighted by Gasteiger charge is 2.36. The maximum atomic E-state index is 13.6. The monoisotopic (exact) mass is 545 g/mol. The summed E-state index contributed by atoms with van der Waals surface area (Å²) in [4.78, 5) is 27.5. The van der Waals surface area contributed by atoms with Crippen molar-refractivity contribution >= 4 is 27.5 Å². The average Bonchev–Trinajstić information content (AvgIpc) is 3.76. The van der Waals surface area contributed by atoms with Crippen LogP contribution < -0.4 is 14.8 Å². The molecule has 0 saturated heterocycles. The normalized spacial score (nSPS) is 20.7. The predicted molar refractivity (Wildman–Crippen MR) is 142 cm³/mol. The van der Waals surface area contributed by atoms with Crippen molar-refractivity contribution in [1.29, 1.82) is 0 Å². The van der Waals surface area contributed by atoms with E-state index in [9.17, 15) is 23.1 Å². The molecule has 2 aliphatic rings. The first-order chi connectivity index (χ1) is 18.0. The van der Waals surface area contributed by atoms with Gasteiger partial charge in [0.2, 0.25) is 15.9 Å². The number of nitrogens with one attached hydrogen (secondary N) is 1. The molecule has 1 aliphatic carbocycles. The van der Waals surface area contributed by atoms with Gasteiger partial charge in [0.1, 0.15) is 17.6 Å². The fourth-order valence-corrected chi connectivity index (χ4v) is 5.57. The van der Waals surface area contributed by atoms with E-state index in [4.69, 9.17) is 9.47 Å². The van der Waals surface area contributed by atoms with E-state index in [1.54, 1.807) is 42.2 Å². The Bertz CT molecular complexity index is 1280. The third-order valence-electron chi connectivity index (χ3n) is 7.09. The van der Waals surface area contributed by atoms with E-state index in [2.05, 4.69) is 5.32 Å². The van der Waals surface area contributed by atoms with Gasteiger partial charge in [-0.25, -0.2) is 8.42 Å². The van der Waals surface area contributed by atoms with Gasteiger partial charge < -0.3 is 24.8 Å². The molecule has 2 aromatic rings. The number of carbonyl (C=O) groups is 2. The minimum absolute atomic E-state index is 0.00305. The van der Waals surface area contributed by atoms with E-state index in [0.29, 0.717) is 17.2 Å². The molecular weight excluding hydrogens is 510 g/mol. The Labute approximate surface area is 223 Å². The number of fused-ring (bicyclic) bond motifs is 1. The standard InChI is InChI=1S/C27H35N3O7S/c1-17-14-30(18(2)16-31)27(33)23-13-20(28-26(32)19-5-6-19)7-12-24(23)37-25(17)15-29(3)38(34,35)22-10-8-21(36-4)9-11-22/h7-13,17-19,25,31H,5-6,14-16H2,1-4H3,(H,28,32)/t17-,18+,25+/m1/s1. The average molecular weight is 546 g/mol. The molecule has 1 fully saturated rings. The number of ether oxygens (including phenoxy) is 2. The van der Waals surface area contributed by atoms with Gasteiger partial charge in [-0.05, 0) is 62.2 Å². The first-order valence-electron chi connectivity index (χ1n) is 12.7. The number of likely N-dealkylation sites (N-methyl/N-ethyl adjacent to an activating group) is 1. The van der Waals surface area contributed by atoms with Crippen LogP contribution in [0.15, 0.2) is 47.4 Å². The highest BCUT2D eigenvalue weighted by molar-refractivity contribution is 7.89. The number of methoxy groups -OCH3 is 1. The van der Waals surface area contributed by atoms with Gasteiger partial charge >= 0.3 is 0 Å². The van der Waals surface area contributed by atoms with Crippen LogP contribution in [0.25, 0.3) is 0 Å². The minimum atomic E-state index is -3.82. The van der Waals surface area contributed by atoms with Gasteiger partial charge in [-0.1, -0.05) is 6.92 Å². The van der Waals surface area contributed by atoms with E-state index in [1.165, 1.54) is 30.6 Å². The van der Waals surface area contributed by atoms with Gasteiger partial charge in [-0.2, -0.15) is 4.31 Å². The highest BCUT2D eigenvalue weighted by Crippen LogP contribution is 2.33. The smallest absolute Gasteiger partial charge is 0.258 e. The van der Waals surface area contributed by atoms with Crippen LogP contribution in [0.5, 0.6) is 11.5 Å². The Kier molecular flexibility index (Phi) is 8.29. The van der Waals surface area contributed by atoms with Gasteiger partial charge in [-0.15, -0.1) is 0 Å². The van der Waals surface area contributed by atoms with Crippen molar-refractivity contribution in [2.45, 2.75) is 43.7 Å². The van der Waals surface area contributed by atoms with E-state index in [1.807, 2.05) is 6.92 Å². The van der Waals surface area contributed by atoms with E-state index < -0.39 is 22.2 Å². The number of hydrogen-bond acceptors (Lipinski definition) is 7. The number of nitrogens with zero attached hydrogens (tertiary/aromatic N) is 2. The van der Waals surface area contributed by atoms with Crippen molar-refractivity contribution in [3.05, 3.63) is 48.0 Å². The second-order valence-electron chi connectivity index (χ2n) is 10.1. The summed E-state index contributed by atoms with van der Waals surface area (Å²) in [5.74, 6) is 0.180. The van der Waals surface area contributed by atoms with Crippen LogP contribution in [0.2, 0.25) is 0 Å². The predicted octanol–water partition coefficient (Wildman–Crippen LogP) is 2.58. The molecule has 0 aromatic heterocycles. The first kappa shape index (κ1) is 27.9.